The molecule has 1 aromatic rings. The highest BCUT2D eigenvalue weighted by atomic mass is 35.5. The second-order valence-electron chi connectivity index (χ2n) is 4.10. The largest absolute Gasteiger partial charge is 0.390 e. The Morgan fingerprint density at radius 2 is 2.44 bits per heavy atom. The van der Waals surface area contributed by atoms with Crippen LogP contribution in [-0.2, 0) is 4.84 Å². The Kier molecular flexibility index (Phi) is 4.04. The zero-order chi connectivity index (χ0) is 13.0. The van der Waals surface area contributed by atoms with E-state index >= 15 is 0 Å². The van der Waals surface area contributed by atoms with Gasteiger partial charge in [-0.25, -0.2) is 4.79 Å². The lowest BCUT2D eigenvalue weighted by Gasteiger charge is -2.11. The van der Waals surface area contributed by atoms with Crippen molar-refractivity contribution in [3.63, 3.8) is 0 Å². The summed E-state index contributed by atoms with van der Waals surface area (Å²) < 4.78 is 0. The van der Waals surface area contributed by atoms with Crippen LogP contribution in [0.4, 0.5) is 10.5 Å². The van der Waals surface area contributed by atoms with Crippen molar-refractivity contribution >= 4 is 29.0 Å². The van der Waals surface area contributed by atoms with E-state index in [9.17, 15) is 4.79 Å². The molecule has 0 radical (unpaired) electrons. The number of benzene rings is 1. The molecule has 0 aromatic heterocycles. The molecule has 1 heterocycles. The summed E-state index contributed by atoms with van der Waals surface area (Å²) in [4.78, 5) is 16.7. The minimum absolute atomic E-state index is 0.0740. The van der Waals surface area contributed by atoms with Gasteiger partial charge in [0.25, 0.3) is 0 Å². The lowest BCUT2D eigenvalue weighted by atomic mass is 10.2. The maximum Gasteiger partial charge on any atom is 0.319 e. The van der Waals surface area contributed by atoms with E-state index in [1.54, 1.807) is 24.3 Å². The fourth-order valence-corrected chi connectivity index (χ4v) is 1.82. The fraction of sp³-hybridized carbons (Fsp3) is 0.333. The number of rotatable bonds is 3. The van der Waals surface area contributed by atoms with Crippen LogP contribution in [0.5, 0.6) is 0 Å². The maximum absolute atomic E-state index is 11.6. The van der Waals surface area contributed by atoms with Gasteiger partial charge < -0.3 is 15.5 Å². The zero-order valence-corrected chi connectivity index (χ0v) is 10.7. The van der Waals surface area contributed by atoms with E-state index in [0.717, 1.165) is 12.1 Å². The van der Waals surface area contributed by atoms with Crippen LogP contribution >= 0.6 is 11.6 Å². The van der Waals surface area contributed by atoms with E-state index in [1.165, 1.54) is 0 Å². The number of nitrogens with one attached hydrogen (secondary N) is 2. The summed E-state index contributed by atoms with van der Waals surface area (Å²) in [6.07, 6.45) is 0.673. The number of nitrogens with zero attached hydrogens (tertiary/aromatic N) is 1. The quantitative estimate of drug-likeness (QED) is 0.884. The topological polar surface area (TPSA) is 62.7 Å². The van der Waals surface area contributed by atoms with Gasteiger partial charge in [0.05, 0.1) is 12.3 Å². The molecule has 0 unspecified atom stereocenters. The third-order valence-corrected chi connectivity index (χ3v) is 2.69. The third-order valence-electron chi connectivity index (χ3n) is 2.45. The Bertz CT molecular complexity index is 476. The van der Waals surface area contributed by atoms with Gasteiger partial charge in [0.1, 0.15) is 6.10 Å². The molecule has 1 aliphatic heterocycles. The summed E-state index contributed by atoms with van der Waals surface area (Å²) in [6.45, 7) is 2.32. The summed E-state index contributed by atoms with van der Waals surface area (Å²) in [5.41, 5.74) is 1.59. The van der Waals surface area contributed by atoms with Gasteiger partial charge >= 0.3 is 6.03 Å². The molecular weight excluding hydrogens is 254 g/mol. The van der Waals surface area contributed by atoms with Crippen molar-refractivity contribution in [3.05, 3.63) is 29.3 Å². The van der Waals surface area contributed by atoms with Crippen molar-refractivity contribution in [3.8, 4) is 0 Å². The molecule has 0 aliphatic carbocycles. The van der Waals surface area contributed by atoms with Crippen molar-refractivity contribution in [2.75, 3.05) is 11.9 Å². The lowest BCUT2D eigenvalue weighted by molar-refractivity contribution is 0.0870. The number of halogens is 1. The van der Waals surface area contributed by atoms with E-state index < -0.39 is 0 Å². The predicted molar refractivity (Wildman–Crippen MR) is 71.1 cm³/mol. The summed E-state index contributed by atoms with van der Waals surface area (Å²) in [5.74, 6) is 0. The third kappa shape index (κ3) is 3.63. The molecule has 6 heteroatoms. The summed E-state index contributed by atoms with van der Waals surface area (Å²) in [6, 6.07) is 6.68. The second kappa shape index (κ2) is 5.73. The van der Waals surface area contributed by atoms with Crippen LogP contribution in [0.2, 0.25) is 5.02 Å². The predicted octanol–water partition coefficient (Wildman–Crippen LogP) is 2.63. The van der Waals surface area contributed by atoms with E-state index in [2.05, 4.69) is 15.8 Å². The number of urea groups is 1. The van der Waals surface area contributed by atoms with Crippen LogP contribution in [-0.4, -0.2) is 24.4 Å². The van der Waals surface area contributed by atoms with Crippen molar-refractivity contribution in [2.24, 2.45) is 5.16 Å². The van der Waals surface area contributed by atoms with Crippen LogP contribution in [0.25, 0.3) is 0 Å². The molecule has 0 saturated carbocycles. The highest BCUT2D eigenvalue weighted by Crippen LogP contribution is 2.14. The number of hydrogen-bond acceptors (Lipinski definition) is 3. The molecule has 2 N–H and O–H groups in total. The van der Waals surface area contributed by atoms with Crippen molar-refractivity contribution in [1.29, 1.82) is 0 Å². The highest BCUT2D eigenvalue weighted by Gasteiger charge is 2.18. The molecule has 1 aliphatic rings. The number of anilines is 1. The molecule has 96 valence electrons. The molecule has 0 fully saturated rings. The molecule has 0 bridgehead atoms. The summed E-state index contributed by atoms with van der Waals surface area (Å²) >= 11 is 5.82. The van der Waals surface area contributed by atoms with Gasteiger partial charge in [-0.15, -0.1) is 0 Å². The highest BCUT2D eigenvalue weighted by molar-refractivity contribution is 6.30. The Morgan fingerprint density at radius 1 is 1.61 bits per heavy atom. The molecule has 18 heavy (non-hydrogen) atoms. The van der Waals surface area contributed by atoms with E-state index in [1.807, 2.05) is 6.92 Å². The first-order valence-corrected chi connectivity index (χ1v) is 6.01. The first kappa shape index (κ1) is 12.7. The van der Waals surface area contributed by atoms with Crippen molar-refractivity contribution < 1.29 is 9.63 Å². The molecule has 2 amide bonds. The average molecular weight is 268 g/mol. The minimum atomic E-state index is -0.287. The Labute approximate surface area is 110 Å². The number of carbonyl (C=O) groups excluding carboxylic acids is 1. The zero-order valence-electron chi connectivity index (χ0n) is 9.94. The number of oxime groups is 1. The van der Waals surface area contributed by atoms with Crippen LogP contribution in [0.3, 0.4) is 0 Å². The van der Waals surface area contributed by atoms with Gasteiger partial charge in [-0.05, 0) is 25.1 Å². The van der Waals surface area contributed by atoms with E-state index in [4.69, 9.17) is 16.4 Å². The first-order valence-electron chi connectivity index (χ1n) is 5.63. The summed E-state index contributed by atoms with van der Waals surface area (Å²) in [7, 11) is 0. The Morgan fingerprint density at radius 3 is 3.11 bits per heavy atom. The van der Waals surface area contributed by atoms with Crippen LogP contribution in [0.1, 0.15) is 13.3 Å². The molecule has 0 spiro atoms. The second-order valence-corrected chi connectivity index (χ2v) is 4.54. The van der Waals surface area contributed by atoms with Gasteiger partial charge in [0, 0.05) is 17.1 Å². The molecular formula is C12H14ClN3O2. The van der Waals surface area contributed by atoms with E-state index in [0.29, 0.717) is 17.3 Å². The van der Waals surface area contributed by atoms with E-state index in [-0.39, 0.29) is 12.1 Å². The van der Waals surface area contributed by atoms with Crippen LogP contribution < -0.4 is 10.6 Å². The molecule has 1 atom stereocenters. The Balaban J connectivity index is 1.76. The number of carbonyl (C=O) groups is 1. The molecule has 0 saturated heterocycles. The molecule has 2 rings (SSSR count). The smallest absolute Gasteiger partial charge is 0.319 e. The fourth-order valence-electron chi connectivity index (χ4n) is 1.63. The molecule has 5 nitrogen and oxygen atoms in total. The molecule has 1 aromatic carbocycles. The van der Waals surface area contributed by atoms with Crippen molar-refractivity contribution in [1.82, 2.24) is 5.32 Å². The number of hydrogen-bond donors (Lipinski definition) is 2. The first-order chi connectivity index (χ1) is 8.63. The van der Waals surface area contributed by atoms with Crippen LogP contribution in [0, 0.1) is 0 Å². The van der Waals surface area contributed by atoms with Gasteiger partial charge in [0.2, 0.25) is 0 Å². The van der Waals surface area contributed by atoms with Crippen LogP contribution in [0.15, 0.2) is 29.4 Å². The number of amides is 2. The lowest BCUT2D eigenvalue weighted by Crippen LogP contribution is -2.35. The minimum Gasteiger partial charge on any atom is -0.390 e. The standard InChI is InChI=1S/C12H14ClN3O2/c1-8-5-11(18-16-8)7-14-12(17)15-10-4-2-3-9(13)6-10/h2-4,6,11H,5,7H2,1H3,(H2,14,15,17)/t11-/m0/s1. The summed E-state index contributed by atoms with van der Waals surface area (Å²) in [5, 5.41) is 9.81. The van der Waals surface area contributed by atoms with Crippen molar-refractivity contribution in [2.45, 2.75) is 19.4 Å². The SMILES string of the molecule is CC1=NO[C@H](CNC(=O)Nc2cccc(Cl)c2)C1. The maximum atomic E-state index is 11.6. The van der Waals surface area contributed by atoms with Gasteiger partial charge in [0.15, 0.2) is 0 Å². The van der Waals surface area contributed by atoms with Gasteiger partial charge in [-0.1, -0.05) is 22.8 Å². The average Bonchev–Trinajstić information content (AvgIpc) is 2.73. The monoisotopic (exact) mass is 267 g/mol. The normalized spacial score (nSPS) is 17.9. The van der Waals surface area contributed by atoms with Gasteiger partial charge in [-0.3, -0.25) is 0 Å². The Hall–Kier alpha value is -1.75. The van der Waals surface area contributed by atoms with Gasteiger partial charge in [-0.2, -0.15) is 0 Å².